The molecule has 1 heterocycles. The summed E-state index contributed by atoms with van der Waals surface area (Å²) in [5, 5.41) is 3.75. The number of nitrogens with two attached hydrogens (primary N) is 1. The summed E-state index contributed by atoms with van der Waals surface area (Å²) in [6.07, 6.45) is 3.79. The first-order valence-corrected chi connectivity index (χ1v) is 7.80. The third-order valence-electron chi connectivity index (χ3n) is 4.83. The lowest BCUT2D eigenvalue weighted by molar-refractivity contribution is -0.122. The van der Waals surface area contributed by atoms with Gasteiger partial charge in [0.05, 0.1) is 6.04 Å². The standard InChI is InChI=1S/C17H24N2O2/c1-17(2)15(13-5-3-4-6-14(13)21-17)19-12-9-7-11(8-10-12)16(18)20/h3-6,11-12,15,19H,7-10H2,1-2H3,(H2,18,20). The lowest BCUT2D eigenvalue weighted by Gasteiger charge is -2.34. The maximum atomic E-state index is 11.3. The number of primary amides is 1. The van der Waals surface area contributed by atoms with Gasteiger partial charge in [-0.3, -0.25) is 4.79 Å². The zero-order chi connectivity index (χ0) is 15.0. The summed E-state index contributed by atoms with van der Waals surface area (Å²) >= 11 is 0. The van der Waals surface area contributed by atoms with Gasteiger partial charge in [0.15, 0.2) is 0 Å². The molecule has 0 saturated heterocycles. The monoisotopic (exact) mass is 288 g/mol. The Morgan fingerprint density at radius 1 is 1.24 bits per heavy atom. The lowest BCUT2D eigenvalue weighted by atomic mass is 9.84. The third-order valence-corrected chi connectivity index (χ3v) is 4.83. The summed E-state index contributed by atoms with van der Waals surface area (Å²) in [7, 11) is 0. The maximum Gasteiger partial charge on any atom is 0.220 e. The van der Waals surface area contributed by atoms with Crippen LogP contribution in [0.25, 0.3) is 0 Å². The van der Waals surface area contributed by atoms with Crippen molar-refractivity contribution in [2.45, 2.75) is 57.2 Å². The van der Waals surface area contributed by atoms with Crippen molar-refractivity contribution in [1.82, 2.24) is 5.32 Å². The first-order valence-electron chi connectivity index (χ1n) is 7.80. The zero-order valence-corrected chi connectivity index (χ0v) is 12.8. The number of ether oxygens (including phenoxy) is 1. The highest BCUT2D eigenvalue weighted by Crippen LogP contribution is 2.43. The van der Waals surface area contributed by atoms with Gasteiger partial charge < -0.3 is 15.8 Å². The zero-order valence-electron chi connectivity index (χ0n) is 12.8. The van der Waals surface area contributed by atoms with Crippen LogP contribution in [0.2, 0.25) is 0 Å². The number of carbonyl (C=O) groups is 1. The highest BCUT2D eigenvalue weighted by Gasteiger charge is 2.42. The molecule has 3 rings (SSSR count). The van der Waals surface area contributed by atoms with Crippen molar-refractivity contribution in [3.05, 3.63) is 29.8 Å². The molecule has 1 aromatic carbocycles. The Kier molecular flexibility index (Phi) is 3.66. The molecular formula is C17H24N2O2. The van der Waals surface area contributed by atoms with Crippen LogP contribution in [0, 0.1) is 5.92 Å². The molecule has 1 saturated carbocycles. The largest absolute Gasteiger partial charge is 0.486 e. The molecule has 1 aliphatic carbocycles. The number of carbonyl (C=O) groups excluding carboxylic acids is 1. The topological polar surface area (TPSA) is 64.3 Å². The number of hydrogen-bond acceptors (Lipinski definition) is 3. The number of para-hydroxylation sites is 1. The summed E-state index contributed by atoms with van der Waals surface area (Å²) in [6.45, 7) is 4.25. The highest BCUT2D eigenvalue weighted by molar-refractivity contribution is 5.76. The van der Waals surface area contributed by atoms with Crippen molar-refractivity contribution < 1.29 is 9.53 Å². The Labute approximate surface area is 126 Å². The predicted octanol–water partition coefficient (Wildman–Crippen LogP) is 2.53. The van der Waals surface area contributed by atoms with Gasteiger partial charge in [0.25, 0.3) is 0 Å². The van der Waals surface area contributed by atoms with E-state index in [9.17, 15) is 4.79 Å². The molecule has 21 heavy (non-hydrogen) atoms. The van der Waals surface area contributed by atoms with Gasteiger partial charge in [-0.25, -0.2) is 0 Å². The minimum absolute atomic E-state index is 0.0585. The fourth-order valence-corrected chi connectivity index (χ4v) is 3.60. The van der Waals surface area contributed by atoms with Gasteiger partial charge in [0.1, 0.15) is 11.4 Å². The molecule has 0 aromatic heterocycles. The number of amides is 1. The van der Waals surface area contributed by atoms with E-state index in [-0.39, 0.29) is 23.5 Å². The van der Waals surface area contributed by atoms with E-state index in [1.165, 1.54) is 5.56 Å². The summed E-state index contributed by atoms with van der Waals surface area (Å²) < 4.78 is 6.07. The molecule has 1 aromatic rings. The molecule has 2 aliphatic rings. The highest BCUT2D eigenvalue weighted by atomic mass is 16.5. The van der Waals surface area contributed by atoms with Crippen molar-refractivity contribution in [3.8, 4) is 5.75 Å². The van der Waals surface area contributed by atoms with Crippen LogP contribution in [-0.2, 0) is 4.79 Å². The van der Waals surface area contributed by atoms with Crippen LogP contribution >= 0.6 is 0 Å². The number of benzene rings is 1. The number of rotatable bonds is 3. The average Bonchev–Trinajstić information content (AvgIpc) is 2.70. The average molecular weight is 288 g/mol. The van der Waals surface area contributed by atoms with Crippen LogP contribution in [0.3, 0.4) is 0 Å². The molecular weight excluding hydrogens is 264 g/mol. The van der Waals surface area contributed by atoms with Crippen LogP contribution in [0.4, 0.5) is 0 Å². The Morgan fingerprint density at radius 2 is 1.90 bits per heavy atom. The van der Waals surface area contributed by atoms with Gasteiger partial charge in [-0.2, -0.15) is 0 Å². The van der Waals surface area contributed by atoms with Crippen LogP contribution in [0.5, 0.6) is 5.75 Å². The fourth-order valence-electron chi connectivity index (χ4n) is 3.60. The molecule has 1 amide bonds. The second kappa shape index (κ2) is 5.34. The Hall–Kier alpha value is -1.55. The van der Waals surface area contributed by atoms with Crippen molar-refractivity contribution >= 4 is 5.91 Å². The number of nitrogens with one attached hydrogen (secondary N) is 1. The molecule has 4 nitrogen and oxygen atoms in total. The molecule has 4 heteroatoms. The Balaban J connectivity index is 1.69. The molecule has 1 unspecified atom stereocenters. The molecule has 1 aliphatic heterocycles. The Morgan fingerprint density at radius 3 is 2.57 bits per heavy atom. The van der Waals surface area contributed by atoms with Crippen LogP contribution in [-0.4, -0.2) is 17.6 Å². The molecule has 0 radical (unpaired) electrons. The predicted molar refractivity (Wildman–Crippen MR) is 82.0 cm³/mol. The van der Waals surface area contributed by atoms with E-state index in [1.807, 2.05) is 12.1 Å². The summed E-state index contributed by atoms with van der Waals surface area (Å²) in [6, 6.07) is 8.86. The molecule has 3 N–H and O–H groups in total. The second-order valence-corrected chi connectivity index (χ2v) is 6.79. The first kappa shape index (κ1) is 14.4. The van der Waals surface area contributed by atoms with Gasteiger partial charge in [0, 0.05) is 17.5 Å². The maximum absolute atomic E-state index is 11.3. The van der Waals surface area contributed by atoms with Gasteiger partial charge >= 0.3 is 0 Å². The van der Waals surface area contributed by atoms with Crippen LogP contribution < -0.4 is 15.8 Å². The van der Waals surface area contributed by atoms with E-state index in [0.717, 1.165) is 31.4 Å². The van der Waals surface area contributed by atoms with Crippen molar-refractivity contribution in [2.24, 2.45) is 11.7 Å². The van der Waals surface area contributed by atoms with E-state index in [4.69, 9.17) is 10.5 Å². The lowest BCUT2D eigenvalue weighted by Crippen LogP contribution is -2.45. The van der Waals surface area contributed by atoms with Gasteiger partial charge in [0.2, 0.25) is 5.91 Å². The minimum atomic E-state index is -0.246. The van der Waals surface area contributed by atoms with Gasteiger partial charge in [-0.05, 0) is 45.6 Å². The summed E-state index contributed by atoms with van der Waals surface area (Å²) in [4.78, 5) is 11.3. The first-order chi connectivity index (χ1) is 9.97. The second-order valence-electron chi connectivity index (χ2n) is 6.79. The van der Waals surface area contributed by atoms with E-state index in [0.29, 0.717) is 6.04 Å². The Bertz CT molecular complexity index is 533. The third kappa shape index (κ3) is 2.77. The van der Waals surface area contributed by atoms with Gasteiger partial charge in [-0.1, -0.05) is 18.2 Å². The molecule has 114 valence electrons. The van der Waals surface area contributed by atoms with E-state index >= 15 is 0 Å². The molecule has 1 atom stereocenters. The summed E-state index contributed by atoms with van der Waals surface area (Å²) in [5.74, 6) is 0.886. The van der Waals surface area contributed by atoms with Gasteiger partial charge in [-0.15, -0.1) is 0 Å². The SMILES string of the molecule is CC1(C)Oc2ccccc2C1NC1CCC(C(N)=O)CC1. The number of hydrogen-bond donors (Lipinski definition) is 2. The van der Waals surface area contributed by atoms with Crippen LogP contribution in [0.15, 0.2) is 24.3 Å². The van der Waals surface area contributed by atoms with Crippen molar-refractivity contribution in [3.63, 3.8) is 0 Å². The normalized spacial score (nSPS) is 30.5. The smallest absolute Gasteiger partial charge is 0.220 e. The van der Waals surface area contributed by atoms with E-state index in [2.05, 4.69) is 31.3 Å². The molecule has 0 bridgehead atoms. The quantitative estimate of drug-likeness (QED) is 0.898. The van der Waals surface area contributed by atoms with E-state index in [1.54, 1.807) is 0 Å². The van der Waals surface area contributed by atoms with Crippen molar-refractivity contribution in [2.75, 3.05) is 0 Å². The van der Waals surface area contributed by atoms with Crippen LogP contribution in [0.1, 0.15) is 51.1 Å². The van der Waals surface area contributed by atoms with Crippen molar-refractivity contribution in [1.29, 1.82) is 0 Å². The molecule has 1 fully saturated rings. The summed E-state index contributed by atoms with van der Waals surface area (Å²) in [5.41, 5.74) is 6.39. The minimum Gasteiger partial charge on any atom is -0.486 e. The van der Waals surface area contributed by atoms with E-state index < -0.39 is 0 Å². The number of fused-ring (bicyclic) bond motifs is 1. The molecule has 0 spiro atoms. The fraction of sp³-hybridized carbons (Fsp3) is 0.588.